The van der Waals surface area contributed by atoms with Gasteiger partial charge in [0.25, 0.3) is 0 Å². The first-order valence-corrected chi connectivity index (χ1v) is 7.65. The van der Waals surface area contributed by atoms with Crippen LogP contribution in [0.3, 0.4) is 0 Å². The van der Waals surface area contributed by atoms with Gasteiger partial charge in [0.1, 0.15) is 0 Å². The fraction of sp³-hybridized carbons (Fsp3) is 0.933. The van der Waals surface area contributed by atoms with Crippen LogP contribution in [0.4, 0.5) is 0 Å². The molecule has 0 radical (unpaired) electrons. The smallest absolute Gasteiger partial charge is 0.241 e. The van der Waals surface area contributed by atoms with Gasteiger partial charge in [-0.2, -0.15) is 0 Å². The Labute approximate surface area is 117 Å². The summed E-state index contributed by atoms with van der Waals surface area (Å²) in [4.78, 5) is 14.3. The molecular weight excluding hydrogens is 240 g/mol. The number of nitrogens with one attached hydrogen (secondary N) is 1. The summed E-state index contributed by atoms with van der Waals surface area (Å²) in [6, 6.07) is 0.0133. The highest BCUT2D eigenvalue weighted by Gasteiger charge is 2.38. The minimum Gasteiger partial charge on any atom is -0.379 e. The van der Waals surface area contributed by atoms with E-state index in [0.29, 0.717) is 12.0 Å². The number of hydrogen-bond acceptors (Lipinski definition) is 3. The second-order valence-corrected chi connectivity index (χ2v) is 5.97. The Balaban J connectivity index is 2.38. The van der Waals surface area contributed by atoms with Crippen molar-refractivity contribution in [2.75, 3.05) is 13.2 Å². The van der Waals surface area contributed by atoms with Crippen LogP contribution in [0.2, 0.25) is 0 Å². The third-order valence-electron chi connectivity index (χ3n) is 3.57. The molecule has 0 aliphatic carbocycles. The highest BCUT2D eigenvalue weighted by atomic mass is 16.5. The van der Waals surface area contributed by atoms with Crippen LogP contribution in [-0.4, -0.2) is 42.3 Å². The van der Waals surface area contributed by atoms with E-state index >= 15 is 0 Å². The van der Waals surface area contributed by atoms with Crippen LogP contribution in [-0.2, 0) is 9.53 Å². The summed E-state index contributed by atoms with van der Waals surface area (Å²) in [5.41, 5.74) is 0. The molecule has 1 heterocycles. The summed E-state index contributed by atoms with van der Waals surface area (Å²) in [7, 11) is 0. The molecule has 112 valence electrons. The maximum Gasteiger partial charge on any atom is 0.241 e. The van der Waals surface area contributed by atoms with E-state index in [9.17, 15) is 4.79 Å². The number of nitrogens with zero attached hydrogens (tertiary/aromatic N) is 1. The van der Waals surface area contributed by atoms with E-state index < -0.39 is 0 Å². The Morgan fingerprint density at radius 3 is 2.47 bits per heavy atom. The van der Waals surface area contributed by atoms with E-state index in [1.807, 2.05) is 4.90 Å². The molecule has 0 saturated carbocycles. The van der Waals surface area contributed by atoms with Gasteiger partial charge < -0.3 is 9.64 Å². The molecule has 1 aliphatic rings. The normalized spacial score (nSPS) is 23.9. The van der Waals surface area contributed by atoms with Gasteiger partial charge in [-0.15, -0.1) is 0 Å². The molecule has 0 aromatic heterocycles. The number of amides is 1. The molecule has 2 unspecified atom stereocenters. The van der Waals surface area contributed by atoms with Gasteiger partial charge in [0, 0.05) is 13.2 Å². The molecule has 0 bridgehead atoms. The van der Waals surface area contributed by atoms with Gasteiger partial charge in [-0.3, -0.25) is 10.1 Å². The predicted octanol–water partition coefficient (Wildman–Crippen LogP) is 2.38. The van der Waals surface area contributed by atoms with Gasteiger partial charge in [-0.1, -0.05) is 20.8 Å². The van der Waals surface area contributed by atoms with Gasteiger partial charge in [0.15, 0.2) is 0 Å². The predicted molar refractivity (Wildman–Crippen MR) is 77.9 cm³/mol. The molecule has 1 saturated heterocycles. The fourth-order valence-electron chi connectivity index (χ4n) is 2.50. The quantitative estimate of drug-likeness (QED) is 0.689. The van der Waals surface area contributed by atoms with Gasteiger partial charge in [0.05, 0.1) is 18.3 Å². The maximum absolute atomic E-state index is 12.3. The van der Waals surface area contributed by atoms with Crippen molar-refractivity contribution in [1.82, 2.24) is 10.2 Å². The first-order chi connectivity index (χ1) is 8.97. The topological polar surface area (TPSA) is 41.6 Å². The molecular formula is C15H30N2O2. The van der Waals surface area contributed by atoms with Crippen LogP contribution in [0.15, 0.2) is 0 Å². The van der Waals surface area contributed by atoms with Crippen LogP contribution in [0, 0.1) is 5.92 Å². The van der Waals surface area contributed by atoms with Crippen molar-refractivity contribution < 1.29 is 9.53 Å². The van der Waals surface area contributed by atoms with E-state index in [-0.39, 0.29) is 18.1 Å². The van der Waals surface area contributed by atoms with Crippen molar-refractivity contribution >= 4 is 5.91 Å². The molecule has 19 heavy (non-hydrogen) atoms. The number of unbranched alkanes of at least 4 members (excludes halogenated alkanes) is 1. The SMILES string of the molecule is CCC1NC(C(C)C)N(CCCCOC(C)C)C1=O. The summed E-state index contributed by atoms with van der Waals surface area (Å²) in [5, 5.41) is 3.44. The molecule has 1 N–H and O–H groups in total. The average Bonchev–Trinajstić information content (AvgIpc) is 2.66. The first-order valence-electron chi connectivity index (χ1n) is 7.65. The van der Waals surface area contributed by atoms with E-state index in [1.54, 1.807) is 0 Å². The molecule has 4 heteroatoms. The molecule has 0 aromatic carbocycles. The largest absolute Gasteiger partial charge is 0.379 e. The van der Waals surface area contributed by atoms with Gasteiger partial charge >= 0.3 is 0 Å². The summed E-state index contributed by atoms with van der Waals surface area (Å²) < 4.78 is 5.53. The molecule has 4 nitrogen and oxygen atoms in total. The molecule has 0 spiro atoms. The lowest BCUT2D eigenvalue weighted by molar-refractivity contribution is -0.130. The van der Waals surface area contributed by atoms with Crippen molar-refractivity contribution in [2.24, 2.45) is 5.92 Å². The van der Waals surface area contributed by atoms with Crippen LogP contribution in [0.5, 0.6) is 0 Å². The fourth-order valence-corrected chi connectivity index (χ4v) is 2.50. The summed E-state index contributed by atoms with van der Waals surface area (Å²) in [6.07, 6.45) is 3.39. The lowest BCUT2D eigenvalue weighted by Gasteiger charge is -2.27. The van der Waals surface area contributed by atoms with Crippen molar-refractivity contribution in [1.29, 1.82) is 0 Å². The van der Waals surface area contributed by atoms with Crippen molar-refractivity contribution in [3.63, 3.8) is 0 Å². The second-order valence-electron chi connectivity index (χ2n) is 5.97. The number of carbonyl (C=O) groups is 1. The zero-order chi connectivity index (χ0) is 14.4. The highest BCUT2D eigenvalue weighted by molar-refractivity contribution is 5.84. The van der Waals surface area contributed by atoms with Gasteiger partial charge in [-0.25, -0.2) is 0 Å². The third-order valence-corrected chi connectivity index (χ3v) is 3.57. The molecule has 0 aromatic rings. The van der Waals surface area contributed by atoms with Crippen molar-refractivity contribution in [3.8, 4) is 0 Å². The molecule has 2 atom stereocenters. The van der Waals surface area contributed by atoms with Crippen LogP contribution in [0.25, 0.3) is 0 Å². The minimum absolute atomic E-state index is 0.0133. The Bertz CT molecular complexity index is 279. The monoisotopic (exact) mass is 270 g/mol. The Morgan fingerprint density at radius 1 is 1.26 bits per heavy atom. The molecule has 1 rings (SSSR count). The molecule has 1 aliphatic heterocycles. The zero-order valence-electron chi connectivity index (χ0n) is 13.1. The first kappa shape index (κ1) is 16.4. The van der Waals surface area contributed by atoms with E-state index in [4.69, 9.17) is 4.74 Å². The van der Waals surface area contributed by atoms with Crippen LogP contribution in [0.1, 0.15) is 53.9 Å². The molecule has 1 amide bonds. The lowest BCUT2D eigenvalue weighted by Crippen LogP contribution is -2.42. The second kappa shape index (κ2) is 7.85. The minimum atomic E-state index is 0.0133. The van der Waals surface area contributed by atoms with Crippen LogP contribution < -0.4 is 5.32 Å². The molecule has 1 fully saturated rings. The van der Waals surface area contributed by atoms with E-state index in [0.717, 1.165) is 32.4 Å². The maximum atomic E-state index is 12.3. The van der Waals surface area contributed by atoms with E-state index in [1.165, 1.54) is 0 Å². The Kier molecular flexibility index (Phi) is 6.80. The van der Waals surface area contributed by atoms with E-state index in [2.05, 4.69) is 39.9 Å². The summed E-state index contributed by atoms with van der Waals surface area (Å²) >= 11 is 0. The number of rotatable bonds is 8. The Hall–Kier alpha value is -0.610. The number of ether oxygens (including phenoxy) is 1. The Morgan fingerprint density at radius 2 is 1.95 bits per heavy atom. The zero-order valence-corrected chi connectivity index (χ0v) is 13.1. The van der Waals surface area contributed by atoms with Gasteiger partial charge in [0.2, 0.25) is 5.91 Å². The third kappa shape index (κ3) is 4.77. The lowest BCUT2D eigenvalue weighted by atomic mass is 10.1. The van der Waals surface area contributed by atoms with Gasteiger partial charge in [-0.05, 0) is 39.0 Å². The number of hydrogen-bond donors (Lipinski definition) is 1. The van der Waals surface area contributed by atoms with Crippen molar-refractivity contribution in [2.45, 2.75) is 72.2 Å². The van der Waals surface area contributed by atoms with Crippen molar-refractivity contribution in [3.05, 3.63) is 0 Å². The average molecular weight is 270 g/mol. The highest BCUT2D eigenvalue weighted by Crippen LogP contribution is 2.19. The summed E-state index contributed by atoms with van der Waals surface area (Å²) in [5.74, 6) is 0.721. The van der Waals surface area contributed by atoms with Crippen LogP contribution >= 0.6 is 0 Å². The standard InChI is InChI=1S/C15H30N2O2/c1-6-13-15(18)17(14(16-13)11(2)3)9-7-8-10-19-12(4)5/h11-14,16H,6-10H2,1-5H3. The summed E-state index contributed by atoms with van der Waals surface area (Å²) in [6.45, 7) is 12.1. The number of carbonyl (C=O) groups excluding carboxylic acids is 1.